The Balaban J connectivity index is 1.09. The van der Waals surface area contributed by atoms with Crippen LogP contribution >= 0.6 is 0 Å². The molecule has 56 heavy (non-hydrogen) atoms. The maximum atomic E-state index is 13.8. The fourth-order valence-electron chi connectivity index (χ4n) is 9.91. The zero-order chi connectivity index (χ0) is 40.0. The summed E-state index contributed by atoms with van der Waals surface area (Å²) in [5.74, 6) is -2.71. The Labute approximate surface area is 330 Å². The van der Waals surface area contributed by atoms with E-state index in [-0.39, 0.29) is 24.2 Å². The third kappa shape index (κ3) is 7.87. The molecule has 4 fully saturated rings. The van der Waals surface area contributed by atoms with Crippen molar-refractivity contribution in [2.45, 2.75) is 96.2 Å². The second-order valence-corrected chi connectivity index (χ2v) is 17.7. The van der Waals surface area contributed by atoms with Gasteiger partial charge in [-0.05, 0) is 63.5 Å². The van der Waals surface area contributed by atoms with Crippen LogP contribution in [0.1, 0.15) is 73.9 Å². The van der Waals surface area contributed by atoms with Gasteiger partial charge >= 0.3 is 17.9 Å². The normalized spacial score (nSPS) is 36.9. The highest BCUT2D eigenvalue weighted by Gasteiger charge is 2.58. The van der Waals surface area contributed by atoms with Crippen molar-refractivity contribution in [3.63, 3.8) is 0 Å². The Morgan fingerprint density at radius 2 is 1.68 bits per heavy atom. The number of aromatic nitrogens is 1. The van der Waals surface area contributed by atoms with E-state index in [2.05, 4.69) is 30.3 Å². The van der Waals surface area contributed by atoms with Gasteiger partial charge in [0.25, 0.3) is 0 Å². The number of piperazine rings is 3. The summed E-state index contributed by atoms with van der Waals surface area (Å²) in [6.45, 7) is 17.5. The van der Waals surface area contributed by atoms with Gasteiger partial charge in [-0.1, -0.05) is 44.2 Å². The number of aliphatic hydroxyl groups excluding tert-OH is 1. The van der Waals surface area contributed by atoms with E-state index < -0.39 is 66.1 Å². The SMILES string of the molecule is CO[C@H]1CC2C=C[C@@H]3C[C@]2(O[C@H]3[C@H](OC(=O)c2ccc[nH]2)[C@H](C)[C@H](C)O)/C(C)=C/[C@@H](C)[C@@H]([C@@H](C)OC(=O)c2ccc(C[N+]34CC[N+](C)(CC3)CC4)cc2)OC1=O. The molecule has 8 rings (SSSR count). The summed E-state index contributed by atoms with van der Waals surface area (Å²) in [5.41, 5.74) is 2.08. The highest BCUT2D eigenvalue weighted by Crippen LogP contribution is 2.53. The van der Waals surface area contributed by atoms with Gasteiger partial charge in [0, 0.05) is 42.5 Å². The monoisotopic (exact) mass is 775 g/mol. The van der Waals surface area contributed by atoms with Crippen molar-refractivity contribution in [3.05, 3.63) is 83.2 Å². The number of hydrogen-bond acceptors (Lipinski definition) is 9. The number of aliphatic hydroxyl groups is 1. The summed E-state index contributed by atoms with van der Waals surface area (Å²) < 4.78 is 33.5. The van der Waals surface area contributed by atoms with Crippen LogP contribution in [-0.2, 0) is 35.0 Å². The number of H-pyrrole nitrogens is 1. The van der Waals surface area contributed by atoms with Gasteiger partial charge in [0.15, 0.2) is 6.10 Å². The summed E-state index contributed by atoms with van der Waals surface area (Å²) in [7, 11) is 3.86. The highest BCUT2D eigenvalue weighted by molar-refractivity contribution is 5.89. The van der Waals surface area contributed by atoms with Gasteiger partial charge in [0.05, 0.1) is 24.3 Å². The van der Waals surface area contributed by atoms with Gasteiger partial charge in [-0.25, -0.2) is 14.4 Å². The third-order valence-corrected chi connectivity index (χ3v) is 13.9. The maximum absolute atomic E-state index is 13.8. The molecule has 5 aliphatic heterocycles. The molecular weight excluding hydrogens is 714 g/mol. The van der Waals surface area contributed by atoms with Crippen molar-refractivity contribution >= 4 is 17.9 Å². The molecule has 1 aliphatic carbocycles. The summed E-state index contributed by atoms with van der Waals surface area (Å²) >= 11 is 0. The van der Waals surface area contributed by atoms with Gasteiger partial charge < -0.3 is 42.7 Å². The first kappa shape index (κ1) is 40.4. The van der Waals surface area contributed by atoms with E-state index in [1.165, 1.54) is 56.4 Å². The van der Waals surface area contributed by atoms with Crippen molar-refractivity contribution in [1.82, 2.24) is 4.98 Å². The number of nitrogens with zero attached hydrogens (tertiary/aromatic N) is 2. The molecule has 1 aromatic heterocycles. The lowest BCUT2D eigenvalue weighted by Crippen LogP contribution is -2.73. The quantitative estimate of drug-likeness (QED) is 0.143. The Kier molecular flexibility index (Phi) is 11.4. The van der Waals surface area contributed by atoms with E-state index in [4.69, 9.17) is 23.7 Å². The van der Waals surface area contributed by atoms with E-state index in [1.54, 1.807) is 32.2 Å². The number of esters is 3. The zero-order valence-electron chi connectivity index (χ0n) is 34.0. The molecule has 1 aromatic carbocycles. The molecule has 1 unspecified atom stereocenters. The lowest BCUT2D eigenvalue weighted by Gasteiger charge is -2.54. The second-order valence-electron chi connectivity index (χ2n) is 17.7. The standard InChI is InChI=1S/C44H60N3O9/c1-27-23-28(2)44-25-34(40(56-44)39(29(3)30(4)48)55-42(50)36-9-8-16-45-36)14-15-35(44)24-37(52-7)43(51)54-38(27)31(5)53-41(49)33-12-10-32(11-13-33)26-47-20-17-46(6,18-21-47)19-22-47/h8-16,23,27,29-31,34-35,37-40,48H,17-22,24-26H2,1-7H3/q+1/p+1/b28-23+/t27-,29-,30+,31-,34-,35?,37+,38+,39-,40-,44+,46?,47?/m1/s1. The zero-order valence-corrected chi connectivity index (χ0v) is 34.0. The smallest absolute Gasteiger partial charge is 0.355 e. The van der Waals surface area contributed by atoms with E-state index in [0.29, 0.717) is 17.7 Å². The Hall–Kier alpha value is -3.81. The van der Waals surface area contributed by atoms with E-state index in [1.807, 2.05) is 45.0 Å². The minimum absolute atomic E-state index is 0.121. The van der Waals surface area contributed by atoms with Crippen LogP contribution in [0.5, 0.6) is 0 Å². The number of fused-ring (bicyclic) bond motifs is 4. The third-order valence-electron chi connectivity index (χ3n) is 13.9. The largest absolute Gasteiger partial charge is 0.456 e. The van der Waals surface area contributed by atoms with Crippen molar-refractivity contribution in [1.29, 1.82) is 0 Å². The van der Waals surface area contributed by atoms with Crippen LogP contribution in [0.4, 0.5) is 0 Å². The van der Waals surface area contributed by atoms with Crippen LogP contribution in [0.3, 0.4) is 0 Å². The van der Waals surface area contributed by atoms with Crippen LogP contribution in [0.15, 0.2) is 66.4 Å². The van der Waals surface area contributed by atoms with Crippen molar-refractivity contribution in [2.24, 2.45) is 23.7 Å². The van der Waals surface area contributed by atoms with Gasteiger partial charge in [0.1, 0.15) is 75.9 Å². The van der Waals surface area contributed by atoms with E-state index >= 15 is 0 Å². The van der Waals surface area contributed by atoms with E-state index in [0.717, 1.165) is 16.6 Å². The molecule has 12 heteroatoms. The number of benzene rings is 1. The molecule has 2 N–H and O–H groups in total. The average Bonchev–Trinajstić information content (AvgIpc) is 3.83. The molecule has 4 bridgehead atoms. The van der Waals surface area contributed by atoms with Crippen LogP contribution in [0.25, 0.3) is 0 Å². The van der Waals surface area contributed by atoms with E-state index in [9.17, 15) is 19.5 Å². The molecule has 4 saturated heterocycles. The van der Waals surface area contributed by atoms with Crippen LogP contribution in [0, 0.1) is 23.7 Å². The molecule has 0 radical (unpaired) electrons. The van der Waals surface area contributed by atoms with Crippen LogP contribution in [-0.4, -0.2) is 133 Å². The number of aromatic amines is 1. The molecule has 2 aromatic rings. The first-order valence-corrected chi connectivity index (χ1v) is 20.4. The molecule has 0 saturated carbocycles. The van der Waals surface area contributed by atoms with Crippen molar-refractivity contribution in [3.8, 4) is 0 Å². The number of nitrogens with one attached hydrogen (secondary N) is 1. The predicted molar refractivity (Wildman–Crippen MR) is 208 cm³/mol. The molecule has 12 nitrogen and oxygen atoms in total. The summed E-state index contributed by atoms with van der Waals surface area (Å²) in [5, 5.41) is 10.7. The van der Waals surface area contributed by atoms with Gasteiger partial charge in [-0.2, -0.15) is 0 Å². The number of quaternary nitrogens is 2. The lowest BCUT2D eigenvalue weighted by molar-refractivity contribution is -1.08. The van der Waals surface area contributed by atoms with Gasteiger partial charge in [-0.15, -0.1) is 0 Å². The lowest BCUT2D eigenvalue weighted by atomic mass is 9.69. The van der Waals surface area contributed by atoms with Gasteiger partial charge in [-0.3, -0.25) is 0 Å². The van der Waals surface area contributed by atoms with Crippen molar-refractivity contribution in [2.75, 3.05) is 53.4 Å². The number of likely N-dealkylation sites (N-methyl/N-ethyl adjacent to an activating group) is 1. The number of carbonyl (C=O) groups excluding carboxylic acids is 3. The molecule has 11 atom stereocenters. The Bertz CT molecular complexity index is 1780. The molecular formula is C44H61N3O9+2. The molecule has 0 amide bonds. The van der Waals surface area contributed by atoms with Gasteiger partial charge in [0.2, 0.25) is 0 Å². The average molecular weight is 776 g/mol. The first-order chi connectivity index (χ1) is 26.6. The molecule has 1 spiro atoms. The number of ether oxygens (including phenoxy) is 5. The maximum Gasteiger partial charge on any atom is 0.355 e. The minimum Gasteiger partial charge on any atom is -0.456 e. The molecule has 6 aliphatic rings. The fraction of sp³-hybridized carbons (Fsp3) is 0.614. The fourth-order valence-corrected chi connectivity index (χ4v) is 9.91. The number of rotatable bonds is 11. The number of methoxy groups -OCH3 is 1. The summed E-state index contributed by atoms with van der Waals surface area (Å²) in [6.07, 6.45) is 4.19. The van der Waals surface area contributed by atoms with Crippen LogP contribution in [0.2, 0.25) is 0 Å². The Morgan fingerprint density at radius 3 is 2.30 bits per heavy atom. The second kappa shape index (κ2) is 15.9. The number of hydrogen-bond donors (Lipinski definition) is 2. The van der Waals surface area contributed by atoms with Crippen LogP contribution < -0.4 is 0 Å². The Morgan fingerprint density at radius 1 is 0.982 bits per heavy atom. The number of carbonyl (C=O) groups is 3. The summed E-state index contributed by atoms with van der Waals surface area (Å²) in [6, 6.07) is 11.1. The first-order valence-electron chi connectivity index (χ1n) is 20.4. The summed E-state index contributed by atoms with van der Waals surface area (Å²) in [4.78, 5) is 43.5. The minimum atomic E-state index is -0.909. The molecule has 6 heterocycles. The highest BCUT2D eigenvalue weighted by atomic mass is 16.6. The topological polar surface area (TPSA) is 133 Å². The van der Waals surface area contributed by atoms with Crippen molar-refractivity contribution < 1.29 is 52.1 Å². The molecule has 304 valence electrons. The predicted octanol–water partition coefficient (Wildman–Crippen LogP) is 4.84. The number of cyclic esters (lactones) is 1.